The summed E-state index contributed by atoms with van der Waals surface area (Å²) in [5, 5.41) is 10.3. The number of hydrogen-bond acceptors (Lipinski definition) is 3. The van der Waals surface area contributed by atoms with Crippen LogP contribution in [-0.2, 0) is 0 Å². The predicted octanol–water partition coefficient (Wildman–Crippen LogP) is 4.24. The summed E-state index contributed by atoms with van der Waals surface area (Å²) < 4.78 is 0. The number of aromatic carboxylic acids is 1. The largest absolute Gasteiger partial charge is 0.478 e. The number of carbonyl (C=O) groups is 1. The zero-order valence-corrected chi connectivity index (χ0v) is 11.3. The summed E-state index contributed by atoms with van der Waals surface area (Å²) in [5.41, 5.74) is 0.0652. The van der Waals surface area contributed by atoms with Crippen LogP contribution in [0.25, 0.3) is 0 Å². The fourth-order valence-corrected chi connectivity index (χ4v) is 2.61. The van der Waals surface area contributed by atoms with Gasteiger partial charge in [-0.25, -0.2) is 9.78 Å². The van der Waals surface area contributed by atoms with E-state index in [4.69, 9.17) is 28.3 Å². The molecule has 3 nitrogen and oxygen atoms in total. The summed E-state index contributed by atoms with van der Waals surface area (Å²) in [6, 6.07) is 8.64. The lowest BCUT2D eigenvalue weighted by Gasteiger charge is -2.04. The quantitative estimate of drug-likeness (QED) is 0.921. The van der Waals surface area contributed by atoms with Crippen molar-refractivity contribution in [1.82, 2.24) is 4.98 Å². The van der Waals surface area contributed by atoms with Crippen LogP contribution < -0.4 is 0 Å². The third-order valence-electron chi connectivity index (χ3n) is 2.06. The van der Waals surface area contributed by atoms with Gasteiger partial charge >= 0.3 is 5.97 Å². The summed E-state index contributed by atoms with van der Waals surface area (Å²) in [6.45, 7) is 0. The predicted molar refractivity (Wildman–Crippen MR) is 71.8 cm³/mol. The van der Waals surface area contributed by atoms with Crippen molar-refractivity contribution in [2.24, 2.45) is 0 Å². The van der Waals surface area contributed by atoms with E-state index in [-0.39, 0.29) is 5.56 Å². The van der Waals surface area contributed by atoms with Gasteiger partial charge in [0.1, 0.15) is 5.03 Å². The van der Waals surface area contributed by atoms with E-state index in [1.807, 2.05) is 12.1 Å². The maximum atomic E-state index is 10.7. The van der Waals surface area contributed by atoms with Gasteiger partial charge in [-0.15, -0.1) is 0 Å². The van der Waals surface area contributed by atoms with Crippen molar-refractivity contribution in [3.63, 3.8) is 0 Å². The SMILES string of the molecule is O=C(O)c1cnc(Sc2cccc(Cl)c2)c(Cl)c1. The smallest absolute Gasteiger partial charge is 0.337 e. The zero-order valence-electron chi connectivity index (χ0n) is 8.93. The van der Waals surface area contributed by atoms with Gasteiger partial charge in [0.15, 0.2) is 0 Å². The molecule has 0 amide bonds. The first-order valence-electron chi connectivity index (χ1n) is 4.88. The summed E-state index contributed by atoms with van der Waals surface area (Å²) in [4.78, 5) is 15.7. The minimum absolute atomic E-state index is 0.0652. The molecule has 0 radical (unpaired) electrons. The molecule has 1 heterocycles. The van der Waals surface area contributed by atoms with E-state index in [0.717, 1.165) is 4.90 Å². The fourth-order valence-electron chi connectivity index (χ4n) is 1.26. The molecule has 0 fully saturated rings. The minimum atomic E-state index is -1.05. The Balaban J connectivity index is 2.27. The van der Waals surface area contributed by atoms with Crippen molar-refractivity contribution in [2.45, 2.75) is 9.92 Å². The van der Waals surface area contributed by atoms with E-state index in [0.29, 0.717) is 15.1 Å². The average molecular weight is 300 g/mol. The second-order valence-corrected chi connectivity index (χ2v) is 5.28. The van der Waals surface area contributed by atoms with Gasteiger partial charge < -0.3 is 5.11 Å². The van der Waals surface area contributed by atoms with Gasteiger partial charge in [0.05, 0.1) is 10.6 Å². The molecule has 0 saturated carbocycles. The van der Waals surface area contributed by atoms with Gasteiger partial charge in [-0.1, -0.05) is 41.0 Å². The first kappa shape index (κ1) is 13.2. The lowest BCUT2D eigenvalue weighted by Crippen LogP contribution is -1.97. The van der Waals surface area contributed by atoms with Gasteiger partial charge in [-0.2, -0.15) is 0 Å². The number of rotatable bonds is 3. The monoisotopic (exact) mass is 299 g/mol. The molecule has 0 aliphatic rings. The molecule has 1 N–H and O–H groups in total. The second kappa shape index (κ2) is 5.61. The van der Waals surface area contributed by atoms with Crippen molar-refractivity contribution in [1.29, 1.82) is 0 Å². The topological polar surface area (TPSA) is 50.2 Å². The zero-order chi connectivity index (χ0) is 13.1. The molecule has 2 aromatic rings. The van der Waals surface area contributed by atoms with Crippen LogP contribution >= 0.6 is 35.0 Å². The number of nitrogens with zero attached hydrogens (tertiary/aromatic N) is 1. The van der Waals surface area contributed by atoms with E-state index in [2.05, 4.69) is 4.98 Å². The normalized spacial score (nSPS) is 10.3. The van der Waals surface area contributed by atoms with Crippen LogP contribution in [0.5, 0.6) is 0 Å². The number of aromatic nitrogens is 1. The maximum absolute atomic E-state index is 10.7. The molecule has 18 heavy (non-hydrogen) atoms. The van der Waals surface area contributed by atoms with Crippen molar-refractivity contribution in [3.8, 4) is 0 Å². The Labute approximate surface area is 118 Å². The summed E-state index contributed by atoms with van der Waals surface area (Å²) in [7, 11) is 0. The van der Waals surface area contributed by atoms with Crippen molar-refractivity contribution < 1.29 is 9.90 Å². The molecule has 0 spiro atoms. The highest BCUT2D eigenvalue weighted by Gasteiger charge is 2.09. The van der Waals surface area contributed by atoms with Crippen molar-refractivity contribution in [2.75, 3.05) is 0 Å². The minimum Gasteiger partial charge on any atom is -0.478 e. The number of benzene rings is 1. The molecule has 92 valence electrons. The molecule has 2 rings (SSSR count). The third-order valence-corrected chi connectivity index (χ3v) is 3.71. The highest BCUT2D eigenvalue weighted by Crippen LogP contribution is 2.32. The van der Waals surface area contributed by atoms with E-state index >= 15 is 0 Å². The lowest BCUT2D eigenvalue weighted by molar-refractivity contribution is 0.0696. The number of pyridine rings is 1. The Hall–Kier alpha value is -1.23. The van der Waals surface area contributed by atoms with Crippen LogP contribution in [0.1, 0.15) is 10.4 Å². The Morgan fingerprint density at radius 3 is 2.67 bits per heavy atom. The molecule has 1 aromatic carbocycles. The standard InChI is InChI=1S/C12H7Cl2NO2S/c13-8-2-1-3-9(5-8)18-11-10(14)4-7(6-15-11)12(16)17/h1-6H,(H,16,17). The Kier molecular flexibility index (Phi) is 4.11. The molecule has 0 unspecified atom stereocenters. The van der Waals surface area contributed by atoms with Crippen LogP contribution in [0.15, 0.2) is 46.5 Å². The molecule has 0 bridgehead atoms. The van der Waals surface area contributed by atoms with Gasteiger partial charge in [-0.05, 0) is 24.3 Å². The first-order valence-corrected chi connectivity index (χ1v) is 6.46. The lowest BCUT2D eigenvalue weighted by atomic mass is 10.3. The molecule has 0 saturated heterocycles. The van der Waals surface area contributed by atoms with Gasteiger partial charge in [0.2, 0.25) is 0 Å². The van der Waals surface area contributed by atoms with Gasteiger partial charge in [0, 0.05) is 16.1 Å². The van der Waals surface area contributed by atoms with Crippen LogP contribution in [-0.4, -0.2) is 16.1 Å². The van der Waals surface area contributed by atoms with Crippen LogP contribution in [0.3, 0.4) is 0 Å². The molecule has 6 heteroatoms. The Morgan fingerprint density at radius 1 is 1.28 bits per heavy atom. The molecule has 0 aliphatic heterocycles. The highest BCUT2D eigenvalue weighted by molar-refractivity contribution is 7.99. The number of carboxylic acid groups (broad SMARTS) is 1. The van der Waals surface area contributed by atoms with Crippen molar-refractivity contribution in [3.05, 3.63) is 52.1 Å². The average Bonchev–Trinajstić information content (AvgIpc) is 2.31. The Morgan fingerprint density at radius 2 is 2.06 bits per heavy atom. The summed E-state index contributed by atoms with van der Waals surface area (Å²) >= 11 is 13.2. The third kappa shape index (κ3) is 3.16. The number of hydrogen-bond donors (Lipinski definition) is 1. The highest BCUT2D eigenvalue weighted by atomic mass is 35.5. The fraction of sp³-hybridized carbons (Fsp3) is 0. The van der Waals surface area contributed by atoms with E-state index in [1.165, 1.54) is 24.0 Å². The molecular weight excluding hydrogens is 293 g/mol. The van der Waals surface area contributed by atoms with Crippen LogP contribution in [0, 0.1) is 0 Å². The molecular formula is C12H7Cl2NO2S. The summed E-state index contributed by atoms with van der Waals surface area (Å²) in [5.74, 6) is -1.05. The van der Waals surface area contributed by atoms with Gasteiger partial charge in [0.25, 0.3) is 0 Å². The number of carboxylic acids is 1. The van der Waals surface area contributed by atoms with Gasteiger partial charge in [-0.3, -0.25) is 0 Å². The van der Waals surface area contributed by atoms with E-state index in [9.17, 15) is 4.79 Å². The second-order valence-electron chi connectivity index (χ2n) is 3.38. The van der Waals surface area contributed by atoms with Crippen molar-refractivity contribution >= 4 is 40.9 Å². The summed E-state index contributed by atoms with van der Waals surface area (Å²) in [6.07, 6.45) is 1.28. The first-order chi connectivity index (χ1) is 8.56. The molecule has 0 aliphatic carbocycles. The van der Waals surface area contributed by atoms with Crippen LogP contribution in [0.4, 0.5) is 0 Å². The Bertz CT molecular complexity index is 604. The molecule has 1 aromatic heterocycles. The molecule has 0 atom stereocenters. The van der Waals surface area contributed by atoms with E-state index < -0.39 is 5.97 Å². The number of halogens is 2. The maximum Gasteiger partial charge on any atom is 0.337 e. The van der Waals surface area contributed by atoms with E-state index in [1.54, 1.807) is 12.1 Å². The van der Waals surface area contributed by atoms with Crippen LogP contribution in [0.2, 0.25) is 10.0 Å².